The molecule has 2 heterocycles. The highest BCUT2D eigenvalue weighted by Gasteiger charge is 2.30. The number of fused-ring (bicyclic) bond motifs is 1. The first-order chi connectivity index (χ1) is 15.4. The maximum absolute atomic E-state index is 12.8. The van der Waals surface area contributed by atoms with Crippen molar-refractivity contribution in [2.75, 3.05) is 0 Å². The fourth-order valence-electron chi connectivity index (χ4n) is 3.49. The Balaban J connectivity index is 1.36. The second-order valence-corrected chi connectivity index (χ2v) is 7.61. The molecule has 0 aliphatic rings. The molecule has 32 heavy (non-hydrogen) atoms. The van der Waals surface area contributed by atoms with Crippen molar-refractivity contribution in [3.05, 3.63) is 83.9 Å². The second kappa shape index (κ2) is 9.34. The SMILES string of the molecule is O=C(CCCCCc1ccccc1)c1nc2ncc(-c3ccc(C(F)(F)F)cc3)cc2o1. The van der Waals surface area contributed by atoms with Crippen LogP contribution in [0.25, 0.3) is 22.4 Å². The second-order valence-electron chi connectivity index (χ2n) is 7.61. The summed E-state index contributed by atoms with van der Waals surface area (Å²) in [5.74, 6) is -0.168. The third kappa shape index (κ3) is 5.22. The highest BCUT2D eigenvalue weighted by atomic mass is 19.4. The molecule has 0 aliphatic heterocycles. The molecule has 0 radical (unpaired) electrons. The van der Waals surface area contributed by atoms with E-state index in [1.165, 1.54) is 23.9 Å². The molecule has 0 amide bonds. The summed E-state index contributed by atoms with van der Waals surface area (Å²) in [4.78, 5) is 20.8. The van der Waals surface area contributed by atoms with Crippen molar-refractivity contribution in [3.8, 4) is 11.1 Å². The first-order valence-electron chi connectivity index (χ1n) is 10.4. The number of pyridine rings is 1. The molecule has 0 spiro atoms. The molecule has 0 unspecified atom stereocenters. The summed E-state index contributed by atoms with van der Waals surface area (Å²) in [6.45, 7) is 0. The number of alkyl halides is 3. The van der Waals surface area contributed by atoms with Crippen molar-refractivity contribution in [3.63, 3.8) is 0 Å². The number of rotatable bonds is 8. The Hall–Kier alpha value is -3.48. The summed E-state index contributed by atoms with van der Waals surface area (Å²) in [7, 11) is 0. The quantitative estimate of drug-likeness (QED) is 0.222. The summed E-state index contributed by atoms with van der Waals surface area (Å²) in [6, 6.07) is 16.6. The predicted molar refractivity (Wildman–Crippen MR) is 115 cm³/mol. The number of aryl methyl sites for hydroxylation is 1. The molecule has 4 rings (SSSR count). The monoisotopic (exact) mass is 438 g/mol. The number of nitrogens with zero attached hydrogens (tertiary/aromatic N) is 2. The van der Waals surface area contributed by atoms with Gasteiger partial charge in [0.15, 0.2) is 11.2 Å². The maximum atomic E-state index is 12.8. The molecule has 2 aromatic carbocycles. The zero-order valence-electron chi connectivity index (χ0n) is 17.2. The van der Waals surface area contributed by atoms with E-state index in [0.29, 0.717) is 28.8 Å². The number of Topliss-reactive ketones (excluding diaryl/α,β-unsaturated/α-hetero) is 1. The van der Waals surface area contributed by atoms with Crippen LogP contribution >= 0.6 is 0 Å². The summed E-state index contributed by atoms with van der Waals surface area (Å²) in [5.41, 5.74) is 2.35. The van der Waals surface area contributed by atoms with Crippen LogP contribution in [0.4, 0.5) is 13.2 Å². The molecule has 0 aliphatic carbocycles. The van der Waals surface area contributed by atoms with Gasteiger partial charge in [0.1, 0.15) is 0 Å². The van der Waals surface area contributed by atoms with Gasteiger partial charge in [0.05, 0.1) is 5.56 Å². The average molecular weight is 438 g/mol. The zero-order chi connectivity index (χ0) is 22.6. The molecule has 164 valence electrons. The molecule has 4 nitrogen and oxygen atoms in total. The van der Waals surface area contributed by atoms with E-state index in [0.717, 1.165) is 37.8 Å². The van der Waals surface area contributed by atoms with Crippen molar-refractivity contribution in [2.24, 2.45) is 0 Å². The first kappa shape index (κ1) is 21.7. The standard InChI is InChI=1S/C25H21F3N2O2/c26-25(27,28)20-13-11-18(12-14-20)19-15-22-23(29-16-19)30-24(32-22)21(31)10-6-2-5-9-17-7-3-1-4-8-17/h1,3-4,7-8,11-16H,2,5-6,9-10H2. The number of oxazole rings is 1. The van der Waals surface area contributed by atoms with Gasteiger partial charge in [0.2, 0.25) is 5.78 Å². The van der Waals surface area contributed by atoms with Crippen LogP contribution in [0.1, 0.15) is 47.5 Å². The lowest BCUT2D eigenvalue weighted by Crippen LogP contribution is -2.03. The van der Waals surface area contributed by atoms with E-state index in [2.05, 4.69) is 22.1 Å². The summed E-state index contributed by atoms with van der Waals surface area (Å²) < 4.78 is 43.8. The lowest BCUT2D eigenvalue weighted by molar-refractivity contribution is -0.137. The number of unbranched alkanes of at least 4 members (excludes halogenated alkanes) is 2. The van der Waals surface area contributed by atoms with Crippen LogP contribution < -0.4 is 0 Å². The number of aromatic nitrogens is 2. The Bertz CT molecular complexity index is 1200. The minimum absolute atomic E-state index is 0.0140. The molecule has 0 saturated carbocycles. The number of halogens is 3. The van der Waals surface area contributed by atoms with E-state index in [-0.39, 0.29) is 11.7 Å². The van der Waals surface area contributed by atoms with Crippen LogP contribution in [-0.2, 0) is 12.6 Å². The van der Waals surface area contributed by atoms with Gasteiger partial charge in [-0.05, 0) is 48.6 Å². The van der Waals surface area contributed by atoms with Gasteiger partial charge in [-0.15, -0.1) is 0 Å². The lowest BCUT2D eigenvalue weighted by Gasteiger charge is -2.07. The fraction of sp³-hybridized carbons (Fsp3) is 0.240. The number of carbonyl (C=O) groups is 1. The van der Waals surface area contributed by atoms with E-state index in [1.54, 1.807) is 6.07 Å². The number of hydrogen-bond donors (Lipinski definition) is 0. The van der Waals surface area contributed by atoms with Gasteiger partial charge in [-0.25, -0.2) is 4.98 Å². The van der Waals surface area contributed by atoms with Crippen LogP contribution in [0.5, 0.6) is 0 Å². The van der Waals surface area contributed by atoms with Crippen molar-refractivity contribution in [2.45, 2.75) is 38.3 Å². The molecule has 7 heteroatoms. The Kier molecular flexibility index (Phi) is 6.35. The third-order valence-electron chi connectivity index (χ3n) is 5.24. The molecule has 0 fully saturated rings. The fourth-order valence-corrected chi connectivity index (χ4v) is 3.49. The topological polar surface area (TPSA) is 56.0 Å². The number of hydrogen-bond acceptors (Lipinski definition) is 4. The van der Waals surface area contributed by atoms with Gasteiger partial charge in [0, 0.05) is 18.2 Å². The number of benzene rings is 2. The summed E-state index contributed by atoms with van der Waals surface area (Å²) >= 11 is 0. The minimum Gasteiger partial charge on any atom is -0.432 e. The Morgan fingerprint density at radius 2 is 1.66 bits per heavy atom. The molecule has 0 N–H and O–H groups in total. The molecular formula is C25H21F3N2O2. The van der Waals surface area contributed by atoms with Crippen LogP contribution in [-0.4, -0.2) is 15.8 Å². The van der Waals surface area contributed by atoms with Crippen molar-refractivity contribution >= 4 is 17.0 Å². The average Bonchev–Trinajstić information content (AvgIpc) is 3.22. The van der Waals surface area contributed by atoms with Gasteiger partial charge in [-0.3, -0.25) is 4.79 Å². The molecule has 2 aromatic heterocycles. The minimum atomic E-state index is -4.39. The zero-order valence-corrected chi connectivity index (χ0v) is 17.2. The van der Waals surface area contributed by atoms with Gasteiger partial charge < -0.3 is 4.42 Å². The molecule has 0 atom stereocenters. The highest BCUT2D eigenvalue weighted by Crippen LogP contribution is 2.31. The van der Waals surface area contributed by atoms with E-state index in [9.17, 15) is 18.0 Å². The Morgan fingerprint density at radius 1 is 0.906 bits per heavy atom. The number of carbonyl (C=O) groups excluding carboxylic acids is 1. The van der Waals surface area contributed by atoms with Crippen molar-refractivity contribution in [1.29, 1.82) is 0 Å². The van der Waals surface area contributed by atoms with Gasteiger partial charge in [-0.1, -0.05) is 48.9 Å². The normalized spacial score (nSPS) is 11.7. The predicted octanol–water partition coefficient (Wildman–Crippen LogP) is 6.89. The van der Waals surface area contributed by atoms with E-state index < -0.39 is 11.7 Å². The molecular weight excluding hydrogens is 417 g/mol. The summed E-state index contributed by atoms with van der Waals surface area (Å²) in [6.07, 6.45) is 1.12. The largest absolute Gasteiger partial charge is 0.432 e. The van der Waals surface area contributed by atoms with Gasteiger partial charge in [-0.2, -0.15) is 18.2 Å². The van der Waals surface area contributed by atoms with Crippen molar-refractivity contribution in [1.82, 2.24) is 9.97 Å². The maximum Gasteiger partial charge on any atom is 0.416 e. The molecule has 0 bridgehead atoms. The third-order valence-corrected chi connectivity index (χ3v) is 5.24. The first-order valence-corrected chi connectivity index (χ1v) is 10.4. The van der Waals surface area contributed by atoms with Gasteiger partial charge >= 0.3 is 6.18 Å². The van der Waals surface area contributed by atoms with Crippen molar-refractivity contribution < 1.29 is 22.4 Å². The lowest BCUT2D eigenvalue weighted by atomic mass is 10.1. The molecule has 4 aromatic rings. The van der Waals surface area contributed by atoms with Crippen LogP contribution in [0, 0.1) is 0 Å². The Labute approximate surface area is 183 Å². The van der Waals surface area contributed by atoms with Crippen LogP contribution in [0.3, 0.4) is 0 Å². The van der Waals surface area contributed by atoms with Crippen LogP contribution in [0.15, 0.2) is 71.3 Å². The summed E-state index contributed by atoms with van der Waals surface area (Å²) in [5, 5.41) is 0. The highest BCUT2D eigenvalue weighted by molar-refractivity contribution is 5.93. The number of ketones is 1. The van der Waals surface area contributed by atoms with E-state index >= 15 is 0 Å². The molecule has 0 saturated heterocycles. The van der Waals surface area contributed by atoms with E-state index in [1.807, 2.05) is 18.2 Å². The smallest absolute Gasteiger partial charge is 0.416 e. The van der Waals surface area contributed by atoms with Crippen LogP contribution in [0.2, 0.25) is 0 Å². The van der Waals surface area contributed by atoms with Gasteiger partial charge in [0.25, 0.3) is 5.89 Å². The van der Waals surface area contributed by atoms with E-state index in [4.69, 9.17) is 4.42 Å². The Morgan fingerprint density at radius 3 is 2.38 bits per heavy atom.